The average Bonchev–Trinajstić information content (AvgIpc) is 3.00. The molecule has 0 saturated carbocycles. The van der Waals surface area contributed by atoms with Gasteiger partial charge in [-0.3, -0.25) is 14.9 Å². The maximum Gasteiger partial charge on any atom is 0.271 e. The molecule has 0 fully saturated rings. The lowest BCUT2D eigenvalue weighted by Crippen LogP contribution is -2.26. The van der Waals surface area contributed by atoms with Crippen molar-refractivity contribution in [2.45, 2.75) is 6.73 Å². The van der Waals surface area contributed by atoms with Gasteiger partial charge in [-0.25, -0.2) is 4.68 Å². The summed E-state index contributed by atoms with van der Waals surface area (Å²) in [5, 5.41) is 25.8. The van der Waals surface area contributed by atoms with Gasteiger partial charge >= 0.3 is 0 Å². The van der Waals surface area contributed by atoms with Gasteiger partial charge in [-0.2, -0.15) is 5.10 Å². The number of benzene rings is 1. The van der Waals surface area contributed by atoms with Gasteiger partial charge in [0.05, 0.1) is 16.6 Å². The summed E-state index contributed by atoms with van der Waals surface area (Å²) in [6, 6.07) is 5.35. The van der Waals surface area contributed by atoms with Crippen LogP contribution in [-0.2, 0) is 6.73 Å². The van der Waals surface area contributed by atoms with E-state index in [9.17, 15) is 14.9 Å². The topological polar surface area (TPSA) is 120 Å². The van der Waals surface area contributed by atoms with Gasteiger partial charge < -0.3 is 15.2 Å². The molecule has 2 N–H and O–H groups in total. The Hall–Kier alpha value is -2.65. The minimum Gasteiger partial charge on any atom is -0.470 e. The molecule has 1 aromatic heterocycles. The molecule has 0 unspecified atom stereocenters. The fourth-order valence-corrected chi connectivity index (χ4v) is 1.90. The smallest absolute Gasteiger partial charge is 0.271 e. The van der Waals surface area contributed by atoms with Crippen LogP contribution >= 0.6 is 11.6 Å². The summed E-state index contributed by atoms with van der Waals surface area (Å²) in [6.45, 7) is -0.0421. The van der Waals surface area contributed by atoms with E-state index < -0.39 is 10.8 Å². The summed E-state index contributed by atoms with van der Waals surface area (Å²) in [5.41, 5.74) is 0.0427. The number of carbonyl (C=O) groups is 1. The Morgan fingerprint density at radius 3 is 2.91 bits per heavy atom. The molecule has 0 bridgehead atoms. The molecule has 23 heavy (non-hydrogen) atoms. The number of nitro benzene ring substituents is 1. The summed E-state index contributed by atoms with van der Waals surface area (Å²) >= 11 is 5.91. The molecule has 0 aliphatic heterocycles. The monoisotopic (exact) mass is 340 g/mol. The molecule has 1 heterocycles. The van der Waals surface area contributed by atoms with Crippen molar-refractivity contribution in [3.8, 4) is 5.75 Å². The van der Waals surface area contributed by atoms with Gasteiger partial charge in [0, 0.05) is 24.9 Å². The summed E-state index contributed by atoms with van der Waals surface area (Å²) in [4.78, 5) is 21.7. The molecule has 0 radical (unpaired) electrons. The van der Waals surface area contributed by atoms with Crippen molar-refractivity contribution in [1.29, 1.82) is 0 Å². The van der Waals surface area contributed by atoms with Crippen LogP contribution in [-0.4, -0.2) is 38.9 Å². The van der Waals surface area contributed by atoms with E-state index in [4.69, 9.17) is 21.4 Å². The first-order valence-electron chi connectivity index (χ1n) is 6.50. The summed E-state index contributed by atoms with van der Waals surface area (Å²) in [7, 11) is 0. The Labute approximate surface area is 135 Å². The molecule has 0 aliphatic carbocycles. The highest BCUT2D eigenvalue weighted by Crippen LogP contribution is 2.28. The average molecular weight is 341 g/mol. The third kappa shape index (κ3) is 4.41. The third-order valence-corrected chi connectivity index (χ3v) is 3.04. The number of aliphatic hydroxyl groups is 1. The second kappa shape index (κ2) is 7.56. The highest BCUT2D eigenvalue weighted by atomic mass is 35.5. The van der Waals surface area contributed by atoms with Crippen molar-refractivity contribution in [1.82, 2.24) is 15.1 Å². The van der Waals surface area contributed by atoms with Crippen molar-refractivity contribution in [3.63, 3.8) is 0 Å². The van der Waals surface area contributed by atoms with Crippen LogP contribution in [0.4, 0.5) is 5.69 Å². The zero-order valence-corrected chi connectivity index (χ0v) is 12.6. The number of non-ortho nitro benzene ring substituents is 1. The van der Waals surface area contributed by atoms with Crippen molar-refractivity contribution in [2.24, 2.45) is 0 Å². The maximum absolute atomic E-state index is 11.6. The Morgan fingerprint density at radius 2 is 2.26 bits per heavy atom. The van der Waals surface area contributed by atoms with Gasteiger partial charge in [-0.05, 0) is 12.1 Å². The lowest BCUT2D eigenvalue weighted by molar-refractivity contribution is -0.384. The van der Waals surface area contributed by atoms with E-state index in [1.54, 1.807) is 0 Å². The fraction of sp³-hybridized carbons (Fsp3) is 0.231. The number of nitro groups is 1. The zero-order valence-electron chi connectivity index (χ0n) is 11.8. The second-order valence-electron chi connectivity index (χ2n) is 4.37. The predicted octanol–water partition coefficient (Wildman–Crippen LogP) is 1.20. The summed E-state index contributed by atoms with van der Waals surface area (Å²) < 4.78 is 6.77. The van der Waals surface area contributed by atoms with Crippen LogP contribution in [0.1, 0.15) is 10.5 Å². The summed E-state index contributed by atoms with van der Waals surface area (Å²) in [5.74, 6) is -0.148. The molecule has 2 aromatic rings. The molecule has 0 saturated heterocycles. The number of ether oxygens (including phenoxy) is 1. The molecule has 10 heteroatoms. The normalized spacial score (nSPS) is 10.3. The van der Waals surface area contributed by atoms with E-state index in [0.717, 1.165) is 0 Å². The van der Waals surface area contributed by atoms with E-state index in [-0.39, 0.29) is 42.0 Å². The fourth-order valence-electron chi connectivity index (χ4n) is 1.67. The van der Waals surface area contributed by atoms with Crippen molar-refractivity contribution in [3.05, 3.63) is 51.3 Å². The number of amides is 1. The van der Waals surface area contributed by atoms with Crippen molar-refractivity contribution in [2.75, 3.05) is 13.2 Å². The molecule has 0 atom stereocenters. The number of rotatable bonds is 7. The molecular weight excluding hydrogens is 328 g/mol. The van der Waals surface area contributed by atoms with Crippen LogP contribution in [0.25, 0.3) is 0 Å². The van der Waals surface area contributed by atoms with E-state index in [2.05, 4.69) is 10.4 Å². The minimum atomic E-state index is -0.555. The number of carbonyl (C=O) groups excluding carboxylic acids is 1. The molecule has 2 rings (SSSR count). The molecule has 0 spiro atoms. The van der Waals surface area contributed by atoms with Crippen LogP contribution in [0.2, 0.25) is 5.02 Å². The second-order valence-corrected chi connectivity index (χ2v) is 4.77. The van der Waals surface area contributed by atoms with Gasteiger partial charge in [0.25, 0.3) is 11.6 Å². The molecule has 122 valence electrons. The van der Waals surface area contributed by atoms with Gasteiger partial charge in [0.1, 0.15) is 11.4 Å². The van der Waals surface area contributed by atoms with E-state index in [1.807, 2.05) is 0 Å². The number of aliphatic hydroxyl groups excluding tert-OH is 1. The third-order valence-electron chi connectivity index (χ3n) is 2.75. The van der Waals surface area contributed by atoms with Gasteiger partial charge in [0.15, 0.2) is 6.73 Å². The lowest BCUT2D eigenvalue weighted by atomic mass is 10.3. The first-order valence-corrected chi connectivity index (χ1v) is 6.88. The van der Waals surface area contributed by atoms with Crippen LogP contribution in [0, 0.1) is 10.1 Å². The SMILES string of the molecule is O=C(NCCO)c1ccn(COc2ccc([N+](=O)[O-])cc2Cl)n1. The first-order chi connectivity index (χ1) is 11.0. The Kier molecular flexibility index (Phi) is 5.50. The number of halogens is 1. The number of nitrogens with one attached hydrogen (secondary N) is 1. The van der Waals surface area contributed by atoms with E-state index in [0.29, 0.717) is 0 Å². The highest BCUT2D eigenvalue weighted by Gasteiger charge is 2.12. The van der Waals surface area contributed by atoms with Crippen LogP contribution in [0.15, 0.2) is 30.5 Å². The van der Waals surface area contributed by atoms with Crippen LogP contribution in [0.3, 0.4) is 0 Å². The number of hydrogen-bond donors (Lipinski definition) is 2. The number of hydrogen-bond acceptors (Lipinski definition) is 6. The Bertz CT molecular complexity index is 718. The highest BCUT2D eigenvalue weighted by molar-refractivity contribution is 6.32. The summed E-state index contributed by atoms with van der Waals surface area (Å²) in [6.07, 6.45) is 1.53. The minimum absolute atomic E-state index is 0.0230. The first kappa shape index (κ1) is 16.7. The predicted molar refractivity (Wildman–Crippen MR) is 80.4 cm³/mol. The Balaban J connectivity index is 1.97. The molecular formula is C13H13ClN4O5. The standard InChI is InChI=1S/C13H13ClN4O5/c14-10-7-9(18(21)22)1-2-12(10)23-8-17-5-3-11(16-17)13(20)15-4-6-19/h1-3,5,7,19H,4,6,8H2,(H,15,20). The van der Waals surface area contributed by atoms with Gasteiger partial charge in [-0.15, -0.1) is 0 Å². The quantitative estimate of drug-likeness (QED) is 0.577. The maximum atomic E-state index is 11.6. The number of nitrogens with zero attached hydrogens (tertiary/aromatic N) is 3. The van der Waals surface area contributed by atoms with Crippen LogP contribution < -0.4 is 10.1 Å². The Morgan fingerprint density at radius 1 is 1.48 bits per heavy atom. The van der Waals surface area contributed by atoms with Crippen LogP contribution in [0.5, 0.6) is 5.75 Å². The number of aromatic nitrogens is 2. The van der Waals surface area contributed by atoms with E-state index in [1.165, 1.54) is 35.1 Å². The largest absolute Gasteiger partial charge is 0.470 e. The van der Waals surface area contributed by atoms with Gasteiger partial charge in [0.2, 0.25) is 0 Å². The molecule has 1 aromatic carbocycles. The van der Waals surface area contributed by atoms with E-state index >= 15 is 0 Å². The van der Waals surface area contributed by atoms with Crippen molar-refractivity contribution < 1.29 is 19.6 Å². The molecule has 9 nitrogen and oxygen atoms in total. The van der Waals surface area contributed by atoms with Gasteiger partial charge in [-0.1, -0.05) is 11.6 Å². The molecule has 1 amide bonds. The lowest BCUT2D eigenvalue weighted by Gasteiger charge is -2.07. The molecule has 0 aliphatic rings. The zero-order chi connectivity index (χ0) is 16.8. The van der Waals surface area contributed by atoms with Crippen molar-refractivity contribution >= 4 is 23.2 Å².